The second-order valence-corrected chi connectivity index (χ2v) is 3.78. The van der Waals surface area contributed by atoms with Crippen molar-refractivity contribution in [2.75, 3.05) is 6.54 Å². The first-order chi connectivity index (χ1) is 7.02. The molecule has 0 aliphatic heterocycles. The van der Waals surface area contributed by atoms with Crippen LogP contribution in [0.2, 0.25) is 0 Å². The predicted molar refractivity (Wildman–Crippen MR) is 60.1 cm³/mol. The number of rotatable bonds is 8. The third-order valence-electron chi connectivity index (χ3n) is 2.34. The minimum Gasteiger partial charge on any atom is -0.480 e. The molecule has 0 aromatic carbocycles. The lowest BCUT2D eigenvalue weighted by molar-refractivity contribution is -0.139. The molecular weight excluding hydrogens is 194 g/mol. The molecule has 0 spiro atoms. The van der Waals surface area contributed by atoms with E-state index in [0.29, 0.717) is 0 Å². The van der Waals surface area contributed by atoms with E-state index in [1.165, 1.54) is 0 Å². The maximum absolute atomic E-state index is 10.7. The van der Waals surface area contributed by atoms with E-state index in [9.17, 15) is 4.79 Å². The lowest BCUT2D eigenvalue weighted by Crippen LogP contribution is -2.53. The van der Waals surface area contributed by atoms with Gasteiger partial charge in [0.15, 0.2) is 0 Å². The standard InChI is InChI=1S/C10H23N3O2/c1-3-5-8(11)13(7-10(14)15)9(12)6-4-2/h8-9H,3-7,11-12H2,1-2H3,(H,14,15). The number of carboxylic acid groups (broad SMARTS) is 1. The highest BCUT2D eigenvalue weighted by Gasteiger charge is 2.22. The summed E-state index contributed by atoms with van der Waals surface area (Å²) in [6.45, 7) is 3.95. The lowest BCUT2D eigenvalue weighted by atomic mass is 10.2. The van der Waals surface area contributed by atoms with Crippen molar-refractivity contribution in [2.24, 2.45) is 11.5 Å². The van der Waals surface area contributed by atoms with Gasteiger partial charge < -0.3 is 16.6 Å². The van der Waals surface area contributed by atoms with Crippen LogP contribution in [0, 0.1) is 0 Å². The summed E-state index contributed by atoms with van der Waals surface area (Å²) in [6.07, 6.45) is 2.88. The molecule has 0 bridgehead atoms. The molecule has 5 nitrogen and oxygen atoms in total. The van der Waals surface area contributed by atoms with Crippen molar-refractivity contribution in [1.82, 2.24) is 4.90 Å². The largest absolute Gasteiger partial charge is 0.480 e. The maximum atomic E-state index is 10.7. The molecule has 0 rings (SSSR count). The van der Waals surface area contributed by atoms with Crippen LogP contribution in [0.1, 0.15) is 39.5 Å². The minimum atomic E-state index is -0.881. The number of nitrogens with two attached hydrogens (primary N) is 2. The van der Waals surface area contributed by atoms with E-state index in [2.05, 4.69) is 0 Å². The van der Waals surface area contributed by atoms with E-state index < -0.39 is 5.97 Å². The van der Waals surface area contributed by atoms with Crippen LogP contribution in [0.25, 0.3) is 0 Å². The highest BCUT2D eigenvalue weighted by molar-refractivity contribution is 5.69. The average Bonchev–Trinajstić information content (AvgIpc) is 2.14. The first-order valence-electron chi connectivity index (χ1n) is 5.51. The normalized spacial score (nSPS) is 15.3. The molecular formula is C10H23N3O2. The zero-order chi connectivity index (χ0) is 11.8. The summed E-state index contributed by atoms with van der Waals surface area (Å²) >= 11 is 0. The van der Waals surface area contributed by atoms with Crippen LogP contribution in [0.3, 0.4) is 0 Å². The quantitative estimate of drug-likeness (QED) is 0.516. The Morgan fingerprint density at radius 3 is 1.87 bits per heavy atom. The SMILES string of the molecule is CCCC(N)N(CC(=O)O)C(N)CCC. The second kappa shape index (κ2) is 7.62. The summed E-state index contributed by atoms with van der Waals surface area (Å²) in [5.74, 6) is -0.881. The zero-order valence-electron chi connectivity index (χ0n) is 9.65. The van der Waals surface area contributed by atoms with Gasteiger partial charge in [-0.3, -0.25) is 9.69 Å². The third-order valence-corrected chi connectivity index (χ3v) is 2.34. The number of hydrogen-bond acceptors (Lipinski definition) is 4. The van der Waals surface area contributed by atoms with E-state index in [1.54, 1.807) is 4.90 Å². The van der Waals surface area contributed by atoms with Crippen LogP contribution < -0.4 is 11.5 Å². The number of hydrogen-bond donors (Lipinski definition) is 3. The highest BCUT2D eigenvalue weighted by Crippen LogP contribution is 2.07. The van der Waals surface area contributed by atoms with E-state index in [-0.39, 0.29) is 18.9 Å². The molecule has 0 aromatic rings. The van der Waals surface area contributed by atoms with Crippen molar-refractivity contribution in [1.29, 1.82) is 0 Å². The molecule has 0 saturated heterocycles. The molecule has 0 aliphatic rings. The van der Waals surface area contributed by atoms with Gasteiger partial charge in [-0.15, -0.1) is 0 Å². The van der Waals surface area contributed by atoms with Crippen molar-refractivity contribution < 1.29 is 9.90 Å². The van der Waals surface area contributed by atoms with Gasteiger partial charge in [-0.1, -0.05) is 26.7 Å². The minimum absolute atomic E-state index is 0.0810. The van der Waals surface area contributed by atoms with Crippen molar-refractivity contribution in [2.45, 2.75) is 51.9 Å². The fourth-order valence-corrected chi connectivity index (χ4v) is 1.56. The molecule has 0 saturated carbocycles. The Bertz CT molecular complexity index is 176. The van der Waals surface area contributed by atoms with Gasteiger partial charge in [0, 0.05) is 0 Å². The monoisotopic (exact) mass is 217 g/mol. The Morgan fingerprint density at radius 1 is 1.20 bits per heavy atom. The van der Waals surface area contributed by atoms with Crippen LogP contribution in [0.4, 0.5) is 0 Å². The highest BCUT2D eigenvalue weighted by atomic mass is 16.4. The molecule has 5 N–H and O–H groups in total. The summed E-state index contributed by atoms with van der Waals surface area (Å²) < 4.78 is 0. The molecule has 15 heavy (non-hydrogen) atoms. The van der Waals surface area contributed by atoms with E-state index in [1.807, 2.05) is 13.8 Å². The maximum Gasteiger partial charge on any atom is 0.317 e. The molecule has 0 fully saturated rings. The Morgan fingerprint density at radius 2 is 1.60 bits per heavy atom. The summed E-state index contributed by atoms with van der Waals surface area (Å²) in [7, 11) is 0. The van der Waals surface area contributed by atoms with Crippen molar-refractivity contribution in [3.8, 4) is 0 Å². The van der Waals surface area contributed by atoms with Gasteiger partial charge in [-0.05, 0) is 12.8 Å². The van der Waals surface area contributed by atoms with Gasteiger partial charge in [0.05, 0.1) is 18.9 Å². The fourth-order valence-electron chi connectivity index (χ4n) is 1.56. The Labute approximate surface area is 91.4 Å². The van der Waals surface area contributed by atoms with Gasteiger partial charge in [0.1, 0.15) is 0 Å². The van der Waals surface area contributed by atoms with Crippen LogP contribution in [-0.2, 0) is 4.79 Å². The summed E-state index contributed by atoms with van der Waals surface area (Å²) in [6, 6.07) is 0. The fraction of sp³-hybridized carbons (Fsp3) is 0.900. The molecule has 0 amide bonds. The van der Waals surface area contributed by atoms with Crippen molar-refractivity contribution in [3.63, 3.8) is 0 Å². The molecule has 2 unspecified atom stereocenters. The van der Waals surface area contributed by atoms with E-state index in [4.69, 9.17) is 16.6 Å². The zero-order valence-corrected chi connectivity index (χ0v) is 9.65. The summed E-state index contributed by atoms with van der Waals surface area (Å²) in [5.41, 5.74) is 11.8. The Hall–Kier alpha value is -0.650. The number of nitrogens with zero attached hydrogens (tertiary/aromatic N) is 1. The lowest BCUT2D eigenvalue weighted by Gasteiger charge is -2.32. The third kappa shape index (κ3) is 5.71. The van der Waals surface area contributed by atoms with Gasteiger partial charge >= 0.3 is 5.97 Å². The molecule has 5 heteroatoms. The smallest absolute Gasteiger partial charge is 0.317 e. The van der Waals surface area contributed by atoms with E-state index in [0.717, 1.165) is 25.7 Å². The molecule has 0 aromatic heterocycles. The summed E-state index contributed by atoms with van der Waals surface area (Å²) in [4.78, 5) is 12.3. The van der Waals surface area contributed by atoms with Crippen molar-refractivity contribution in [3.05, 3.63) is 0 Å². The second-order valence-electron chi connectivity index (χ2n) is 3.78. The molecule has 0 heterocycles. The Balaban J connectivity index is 4.34. The molecule has 0 radical (unpaired) electrons. The van der Waals surface area contributed by atoms with Crippen LogP contribution in [-0.4, -0.2) is 34.9 Å². The van der Waals surface area contributed by atoms with Crippen LogP contribution in [0.5, 0.6) is 0 Å². The Kier molecular flexibility index (Phi) is 7.29. The topological polar surface area (TPSA) is 92.6 Å². The molecule has 90 valence electrons. The van der Waals surface area contributed by atoms with Gasteiger partial charge in [-0.25, -0.2) is 0 Å². The van der Waals surface area contributed by atoms with Gasteiger partial charge in [0.25, 0.3) is 0 Å². The van der Waals surface area contributed by atoms with Crippen molar-refractivity contribution >= 4 is 5.97 Å². The van der Waals surface area contributed by atoms with Gasteiger partial charge in [0.2, 0.25) is 0 Å². The molecule has 0 aliphatic carbocycles. The van der Waals surface area contributed by atoms with Gasteiger partial charge in [-0.2, -0.15) is 0 Å². The predicted octanol–water partition coefficient (Wildman–Crippen LogP) is 0.543. The first-order valence-corrected chi connectivity index (χ1v) is 5.51. The number of carboxylic acids is 1. The van der Waals surface area contributed by atoms with E-state index >= 15 is 0 Å². The molecule has 2 atom stereocenters. The summed E-state index contributed by atoms with van der Waals surface area (Å²) in [5, 5.41) is 8.77. The average molecular weight is 217 g/mol. The first kappa shape index (κ1) is 14.3. The van der Waals surface area contributed by atoms with Crippen LogP contribution in [0.15, 0.2) is 0 Å². The number of carbonyl (C=O) groups is 1. The van der Waals surface area contributed by atoms with Crippen LogP contribution >= 0.6 is 0 Å². The number of aliphatic carboxylic acids is 1.